The fourth-order valence-electron chi connectivity index (χ4n) is 2.83. The van der Waals surface area contributed by atoms with Crippen LogP contribution in [0.4, 0.5) is 0 Å². The molecule has 21 heavy (non-hydrogen) atoms. The van der Waals surface area contributed by atoms with Gasteiger partial charge in [0.25, 0.3) is 0 Å². The van der Waals surface area contributed by atoms with E-state index >= 15 is 0 Å². The molecule has 0 fully saturated rings. The maximum atomic E-state index is 5.79. The number of furan rings is 1. The van der Waals surface area contributed by atoms with Gasteiger partial charge in [0.1, 0.15) is 11.5 Å². The molecule has 0 aliphatic carbocycles. The van der Waals surface area contributed by atoms with E-state index in [2.05, 4.69) is 50.4 Å². The Morgan fingerprint density at radius 1 is 1.24 bits per heavy atom. The molecule has 0 amide bonds. The molecule has 2 rings (SSSR count). The van der Waals surface area contributed by atoms with Crippen molar-refractivity contribution < 1.29 is 4.42 Å². The number of nitrogens with zero attached hydrogens (tertiary/aromatic N) is 2. The lowest BCUT2D eigenvalue weighted by molar-refractivity contribution is 0.479. The molecule has 4 nitrogen and oxygen atoms in total. The van der Waals surface area contributed by atoms with Gasteiger partial charge in [-0.3, -0.25) is 4.68 Å². The summed E-state index contributed by atoms with van der Waals surface area (Å²) in [7, 11) is 0. The van der Waals surface area contributed by atoms with Crippen LogP contribution in [0.1, 0.15) is 61.2 Å². The molecule has 0 radical (unpaired) electrons. The van der Waals surface area contributed by atoms with Gasteiger partial charge in [0.15, 0.2) is 0 Å². The van der Waals surface area contributed by atoms with Crippen LogP contribution in [0.25, 0.3) is 0 Å². The highest BCUT2D eigenvalue weighted by molar-refractivity contribution is 5.35. The molecule has 0 aliphatic heterocycles. The fraction of sp³-hybridized carbons (Fsp3) is 0.588. The Hall–Kier alpha value is -1.55. The van der Waals surface area contributed by atoms with Gasteiger partial charge in [0, 0.05) is 30.3 Å². The molecule has 2 aromatic heterocycles. The van der Waals surface area contributed by atoms with E-state index in [9.17, 15) is 0 Å². The van der Waals surface area contributed by atoms with Crippen LogP contribution in [-0.2, 0) is 6.42 Å². The van der Waals surface area contributed by atoms with Gasteiger partial charge in [-0.25, -0.2) is 0 Å². The molecule has 0 saturated heterocycles. The summed E-state index contributed by atoms with van der Waals surface area (Å²) in [5.74, 6) is 2.03. The van der Waals surface area contributed by atoms with Crippen LogP contribution in [0, 0.1) is 20.8 Å². The highest BCUT2D eigenvalue weighted by Crippen LogP contribution is 2.29. The van der Waals surface area contributed by atoms with Gasteiger partial charge in [-0.2, -0.15) is 5.10 Å². The minimum Gasteiger partial charge on any atom is -0.466 e. The van der Waals surface area contributed by atoms with Gasteiger partial charge in [-0.1, -0.05) is 6.92 Å². The molecule has 1 unspecified atom stereocenters. The maximum absolute atomic E-state index is 5.79. The summed E-state index contributed by atoms with van der Waals surface area (Å²) in [6.45, 7) is 13.6. The third kappa shape index (κ3) is 3.38. The molecule has 0 aliphatic rings. The first-order chi connectivity index (χ1) is 9.93. The van der Waals surface area contributed by atoms with E-state index in [1.807, 2.05) is 18.5 Å². The SMILES string of the molecule is CCNC(Cc1ccn(C(C)C)n1)c1c(C)oc(C)c1C. The van der Waals surface area contributed by atoms with E-state index in [0.717, 1.165) is 30.2 Å². The van der Waals surface area contributed by atoms with Crippen molar-refractivity contribution in [1.29, 1.82) is 0 Å². The summed E-state index contributed by atoms with van der Waals surface area (Å²) in [6.07, 6.45) is 2.94. The molecule has 4 heteroatoms. The number of rotatable bonds is 6. The standard InChI is InChI=1S/C17H27N3O/c1-7-18-16(17-12(4)13(5)21-14(17)6)10-15-8-9-20(19-15)11(2)3/h8-9,11,16,18H,7,10H2,1-6H3. The van der Waals surface area contributed by atoms with Gasteiger partial charge in [0.05, 0.1) is 5.69 Å². The monoisotopic (exact) mass is 289 g/mol. The smallest absolute Gasteiger partial charge is 0.106 e. The molecular weight excluding hydrogens is 262 g/mol. The fourth-order valence-corrected chi connectivity index (χ4v) is 2.83. The average molecular weight is 289 g/mol. The highest BCUT2D eigenvalue weighted by atomic mass is 16.3. The second-order valence-corrected chi connectivity index (χ2v) is 5.95. The van der Waals surface area contributed by atoms with Gasteiger partial charge in [-0.15, -0.1) is 0 Å². The predicted molar refractivity (Wildman–Crippen MR) is 85.7 cm³/mol. The normalized spacial score (nSPS) is 13.1. The molecule has 0 spiro atoms. The minimum atomic E-state index is 0.253. The first-order valence-corrected chi connectivity index (χ1v) is 7.77. The van der Waals surface area contributed by atoms with Crippen molar-refractivity contribution in [3.8, 4) is 0 Å². The molecule has 1 N–H and O–H groups in total. The van der Waals surface area contributed by atoms with Crippen molar-refractivity contribution in [3.63, 3.8) is 0 Å². The summed E-state index contributed by atoms with van der Waals surface area (Å²) in [5, 5.41) is 8.24. The van der Waals surface area contributed by atoms with Crippen LogP contribution in [0.15, 0.2) is 16.7 Å². The van der Waals surface area contributed by atoms with Crippen LogP contribution in [0.5, 0.6) is 0 Å². The zero-order valence-corrected chi connectivity index (χ0v) is 14.0. The first-order valence-electron chi connectivity index (χ1n) is 7.77. The first kappa shape index (κ1) is 15.8. The number of hydrogen-bond donors (Lipinski definition) is 1. The van der Waals surface area contributed by atoms with E-state index in [4.69, 9.17) is 4.42 Å². The van der Waals surface area contributed by atoms with Crippen LogP contribution < -0.4 is 5.32 Å². The van der Waals surface area contributed by atoms with Crippen molar-refractivity contribution in [2.24, 2.45) is 0 Å². The van der Waals surface area contributed by atoms with Crippen molar-refractivity contribution in [3.05, 3.63) is 40.6 Å². The van der Waals surface area contributed by atoms with E-state index < -0.39 is 0 Å². The summed E-state index contributed by atoms with van der Waals surface area (Å²) in [6, 6.07) is 2.76. The van der Waals surface area contributed by atoms with E-state index in [1.54, 1.807) is 0 Å². The number of aryl methyl sites for hydroxylation is 2. The Kier molecular flexibility index (Phi) is 4.88. The zero-order chi connectivity index (χ0) is 15.6. The number of aromatic nitrogens is 2. The van der Waals surface area contributed by atoms with Crippen molar-refractivity contribution >= 4 is 0 Å². The summed E-state index contributed by atoms with van der Waals surface area (Å²) in [4.78, 5) is 0. The quantitative estimate of drug-likeness (QED) is 0.877. The number of nitrogens with one attached hydrogen (secondary N) is 1. The lowest BCUT2D eigenvalue weighted by Crippen LogP contribution is -2.24. The summed E-state index contributed by atoms with van der Waals surface area (Å²) < 4.78 is 7.80. The number of likely N-dealkylation sites (N-methyl/N-ethyl adjacent to an activating group) is 1. The molecule has 2 aromatic rings. The highest BCUT2D eigenvalue weighted by Gasteiger charge is 2.21. The Morgan fingerprint density at radius 2 is 1.95 bits per heavy atom. The molecular formula is C17H27N3O. The lowest BCUT2D eigenvalue weighted by atomic mass is 9.98. The minimum absolute atomic E-state index is 0.253. The van der Waals surface area contributed by atoms with Crippen molar-refractivity contribution in [1.82, 2.24) is 15.1 Å². The third-order valence-corrected chi connectivity index (χ3v) is 4.02. The summed E-state index contributed by atoms with van der Waals surface area (Å²) >= 11 is 0. The third-order valence-electron chi connectivity index (χ3n) is 4.02. The van der Waals surface area contributed by atoms with E-state index in [0.29, 0.717) is 6.04 Å². The largest absolute Gasteiger partial charge is 0.466 e. The molecule has 0 saturated carbocycles. The Bertz CT molecular complexity index is 595. The zero-order valence-electron chi connectivity index (χ0n) is 14.0. The van der Waals surface area contributed by atoms with Crippen molar-refractivity contribution in [2.75, 3.05) is 6.54 Å². The van der Waals surface area contributed by atoms with Gasteiger partial charge < -0.3 is 9.73 Å². The second-order valence-electron chi connectivity index (χ2n) is 5.95. The number of hydrogen-bond acceptors (Lipinski definition) is 3. The second kappa shape index (κ2) is 6.48. The Labute approximate surface area is 127 Å². The van der Waals surface area contributed by atoms with Crippen molar-refractivity contribution in [2.45, 2.75) is 60.0 Å². The van der Waals surface area contributed by atoms with Crippen LogP contribution in [0.2, 0.25) is 0 Å². The molecule has 0 aromatic carbocycles. The van der Waals surface area contributed by atoms with Crippen LogP contribution in [0.3, 0.4) is 0 Å². The lowest BCUT2D eigenvalue weighted by Gasteiger charge is -2.17. The van der Waals surface area contributed by atoms with Crippen LogP contribution >= 0.6 is 0 Å². The average Bonchev–Trinajstić information content (AvgIpc) is 2.96. The Balaban J connectivity index is 2.26. The Morgan fingerprint density at radius 3 is 2.43 bits per heavy atom. The predicted octanol–water partition coefficient (Wildman–Crippen LogP) is 3.88. The maximum Gasteiger partial charge on any atom is 0.106 e. The summed E-state index contributed by atoms with van der Waals surface area (Å²) in [5.41, 5.74) is 3.66. The topological polar surface area (TPSA) is 43.0 Å². The van der Waals surface area contributed by atoms with Gasteiger partial charge in [-0.05, 0) is 52.8 Å². The molecule has 0 bridgehead atoms. The molecule has 116 valence electrons. The molecule has 2 heterocycles. The van der Waals surface area contributed by atoms with Gasteiger partial charge >= 0.3 is 0 Å². The van der Waals surface area contributed by atoms with Gasteiger partial charge in [0.2, 0.25) is 0 Å². The molecule has 1 atom stereocenters. The van der Waals surface area contributed by atoms with E-state index in [1.165, 1.54) is 11.1 Å². The van der Waals surface area contributed by atoms with E-state index in [-0.39, 0.29) is 6.04 Å². The van der Waals surface area contributed by atoms with Crippen LogP contribution in [-0.4, -0.2) is 16.3 Å².